The first-order valence-electron chi connectivity index (χ1n) is 7.01. The monoisotopic (exact) mass is 357 g/mol. The van der Waals surface area contributed by atoms with Gasteiger partial charge >= 0.3 is 0 Å². The van der Waals surface area contributed by atoms with E-state index >= 15 is 0 Å². The van der Waals surface area contributed by atoms with E-state index in [1.54, 1.807) is 0 Å². The first-order valence-corrected chi connectivity index (χ1v) is 8.18. The van der Waals surface area contributed by atoms with Gasteiger partial charge in [-0.15, -0.1) is 0 Å². The molecule has 0 saturated carbocycles. The van der Waals surface area contributed by atoms with Crippen LogP contribution >= 0.6 is 27.5 Å². The van der Waals surface area contributed by atoms with Crippen molar-refractivity contribution in [2.45, 2.75) is 40.2 Å². The van der Waals surface area contributed by atoms with Crippen molar-refractivity contribution in [2.24, 2.45) is 5.92 Å². The van der Waals surface area contributed by atoms with Crippen molar-refractivity contribution < 1.29 is 4.42 Å². The maximum absolute atomic E-state index is 6.17. The topological polar surface area (TPSA) is 25.2 Å². The Bertz CT molecular complexity index is 604. The maximum Gasteiger partial charge on any atom is 0.148 e. The zero-order chi connectivity index (χ0) is 14.9. The molecule has 1 aromatic carbocycles. The number of hydrogen-bond donors (Lipinski definition) is 1. The molecular formula is C16H21BrClNO. The molecule has 1 heterocycles. The van der Waals surface area contributed by atoms with Crippen LogP contribution in [0.15, 0.2) is 21.0 Å². The van der Waals surface area contributed by atoms with Crippen LogP contribution in [0, 0.1) is 5.92 Å². The standard InChI is InChI=1S/C16H21BrClNO/c1-9(2)7-19-8-14-15(10(3)4)12-5-11(18)6-13(17)16(12)20-14/h5-6,9-10,19H,7-8H2,1-4H3. The molecule has 0 amide bonds. The summed E-state index contributed by atoms with van der Waals surface area (Å²) in [6.07, 6.45) is 0. The van der Waals surface area contributed by atoms with Crippen molar-refractivity contribution in [2.75, 3.05) is 6.54 Å². The summed E-state index contributed by atoms with van der Waals surface area (Å²) in [5.41, 5.74) is 2.14. The third-order valence-corrected chi connectivity index (χ3v) is 4.05. The lowest BCUT2D eigenvalue weighted by atomic mass is 9.99. The van der Waals surface area contributed by atoms with Crippen LogP contribution in [0.5, 0.6) is 0 Å². The molecule has 0 bridgehead atoms. The van der Waals surface area contributed by atoms with Crippen LogP contribution in [0.3, 0.4) is 0 Å². The number of benzene rings is 1. The Morgan fingerprint density at radius 3 is 2.55 bits per heavy atom. The van der Waals surface area contributed by atoms with Gasteiger partial charge in [0.05, 0.1) is 11.0 Å². The van der Waals surface area contributed by atoms with Gasteiger partial charge in [0.25, 0.3) is 0 Å². The van der Waals surface area contributed by atoms with E-state index in [1.807, 2.05) is 12.1 Å². The minimum atomic E-state index is 0.400. The molecule has 0 radical (unpaired) electrons. The summed E-state index contributed by atoms with van der Waals surface area (Å²) in [6.45, 7) is 10.5. The number of halogens is 2. The van der Waals surface area contributed by atoms with Gasteiger partial charge in [-0.2, -0.15) is 0 Å². The van der Waals surface area contributed by atoms with E-state index in [0.717, 1.165) is 39.3 Å². The van der Waals surface area contributed by atoms with E-state index in [-0.39, 0.29) is 0 Å². The van der Waals surface area contributed by atoms with E-state index in [4.69, 9.17) is 16.0 Å². The highest BCUT2D eigenvalue weighted by atomic mass is 79.9. The first-order chi connectivity index (χ1) is 9.40. The number of furan rings is 1. The highest BCUT2D eigenvalue weighted by Crippen LogP contribution is 2.37. The number of nitrogens with one attached hydrogen (secondary N) is 1. The maximum atomic E-state index is 6.17. The summed E-state index contributed by atoms with van der Waals surface area (Å²) in [5.74, 6) is 2.04. The smallest absolute Gasteiger partial charge is 0.148 e. The Morgan fingerprint density at radius 1 is 1.25 bits per heavy atom. The molecule has 2 nitrogen and oxygen atoms in total. The summed E-state index contributed by atoms with van der Waals surface area (Å²) in [5, 5.41) is 5.29. The van der Waals surface area contributed by atoms with Crippen molar-refractivity contribution in [1.29, 1.82) is 0 Å². The molecule has 20 heavy (non-hydrogen) atoms. The average Bonchev–Trinajstić information content (AvgIpc) is 2.67. The molecule has 1 N–H and O–H groups in total. The molecule has 0 saturated heterocycles. The van der Waals surface area contributed by atoms with Crippen molar-refractivity contribution in [3.8, 4) is 0 Å². The van der Waals surface area contributed by atoms with Crippen LogP contribution in [-0.4, -0.2) is 6.54 Å². The molecule has 0 aliphatic carbocycles. The molecule has 0 aliphatic heterocycles. The minimum Gasteiger partial charge on any atom is -0.458 e. The van der Waals surface area contributed by atoms with Crippen molar-refractivity contribution in [1.82, 2.24) is 5.32 Å². The van der Waals surface area contributed by atoms with E-state index in [1.165, 1.54) is 5.56 Å². The Balaban J connectivity index is 2.43. The van der Waals surface area contributed by atoms with Gasteiger partial charge in [0.15, 0.2) is 0 Å². The predicted molar refractivity (Wildman–Crippen MR) is 89.6 cm³/mol. The SMILES string of the molecule is CC(C)CNCc1oc2c(Br)cc(Cl)cc2c1C(C)C. The normalized spacial score (nSPS) is 12.0. The van der Waals surface area contributed by atoms with Crippen molar-refractivity contribution in [3.63, 3.8) is 0 Å². The van der Waals surface area contributed by atoms with Crippen molar-refractivity contribution in [3.05, 3.63) is 33.0 Å². The summed E-state index contributed by atoms with van der Waals surface area (Å²) in [4.78, 5) is 0. The van der Waals surface area contributed by atoms with Gasteiger partial charge in [-0.25, -0.2) is 0 Å². The lowest BCUT2D eigenvalue weighted by Crippen LogP contribution is -2.19. The Kier molecular flexibility index (Phi) is 5.16. The lowest BCUT2D eigenvalue weighted by Gasteiger charge is -2.09. The highest BCUT2D eigenvalue weighted by Gasteiger charge is 2.19. The van der Waals surface area contributed by atoms with E-state index in [2.05, 4.69) is 48.9 Å². The Labute approximate surface area is 134 Å². The summed E-state index contributed by atoms with van der Waals surface area (Å²) >= 11 is 9.71. The van der Waals surface area contributed by atoms with Gasteiger partial charge < -0.3 is 9.73 Å². The van der Waals surface area contributed by atoms with E-state index in [0.29, 0.717) is 11.8 Å². The molecule has 0 unspecified atom stereocenters. The molecule has 0 fully saturated rings. The Morgan fingerprint density at radius 2 is 1.95 bits per heavy atom. The van der Waals surface area contributed by atoms with Crippen LogP contribution in [0.2, 0.25) is 5.02 Å². The average molecular weight is 359 g/mol. The molecule has 0 aliphatic rings. The molecule has 2 rings (SSSR count). The van der Waals surface area contributed by atoms with Gasteiger partial charge in [0, 0.05) is 16.0 Å². The third kappa shape index (κ3) is 3.38. The zero-order valence-corrected chi connectivity index (χ0v) is 14.7. The van der Waals surface area contributed by atoms with E-state index < -0.39 is 0 Å². The van der Waals surface area contributed by atoms with Crippen LogP contribution in [0.1, 0.15) is 44.9 Å². The quantitative estimate of drug-likeness (QED) is 0.739. The number of fused-ring (bicyclic) bond motifs is 1. The Hall–Kier alpha value is -0.510. The number of rotatable bonds is 5. The second kappa shape index (κ2) is 6.50. The molecule has 110 valence electrons. The molecule has 4 heteroatoms. The first kappa shape index (κ1) is 15.9. The molecular weight excluding hydrogens is 338 g/mol. The van der Waals surface area contributed by atoms with Crippen molar-refractivity contribution >= 4 is 38.5 Å². The van der Waals surface area contributed by atoms with Gasteiger partial charge in [-0.1, -0.05) is 39.3 Å². The molecule has 1 aromatic heterocycles. The highest BCUT2D eigenvalue weighted by molar-refractivity contribution is 9.10. The van der Waals surface area contributed by atoms with Crippen LogP contribution < -0.4 is 5.32 Å². The second-order valence-electron chi connectivity index (χ2n) is 5.88. The van der Waals surface area contributed by atoms with Crippen LogP contribution in [0.25, 0.3) is 11.0 Å². The van der Waals surface area contributed by atoms with Gasteiger partial charge in [-0.05, 0) is 46.4 Å². The van der Waals surface area contributed by atoms with Gasteiger partial charge in [0.1, 0.15) is 11.3 Å². The molecule has 0 atom stereocenters. The summed E-state index contributed by atoms with van der Waals surface area (Å²) < 4.78 is 6.97. The van der Waals surface area contributed by atoms with Crippen LogP contribution in [0.4, 0.5) is 0 Å². The van der Waals surface area contributed by atoms with Gasteiger partial charge in [0.2, 0.25) is 0 Å². The second-order valence-corrected chi connectivity index (χ2v) is 7.17. The molecule has 0 spiro atoms. The third-order valence-electron chi connectivity index (χ3n) is 3.24. The van der Waals surface area contributed by atoms with Crippen LogP contribution in [-0.2, 0) is 6.54 Å². The van der Waals surface area contributed by atoms with E-state index in [9.17, 15) is 0 Å². The largest absolute Gasteiger partial charge is 0.458 e. The minimum absolute atomic E-state index is 0.400. The summed E-state index contributed by atoms with van der Waals surface area (Å²) in [7, 11) is 0. The number of hydrogen-bond acceptors (Lipinski definition) is 2. The fourth-order valence-corrected chi connectivity index (χ4v) is 3.32. The zero-order valence-electron chi connectivity index (χ0n) is 12.4. The fraction of sp³-hybridized carbons (Fsp3) is 0.500. The lowest BCUT2D eigenvalue weighted by molar-refractivity contribution is 0.478. The van der Waals surface area contributed by atoms with Gasteiger partial charge in [-0.3, -0.25) is 0 Å². The summed E-state index contributed by atoms with van der Waals surface area (Å²) in [6, 6.07) is 3.87. The molecule has 2 aromatic rings. The fourth-order valence-electron chi connectivity index (χ4n) is 2.43. The predicted octanol–water partition coefficient (Wildman–Crippen LogP) is 5.72.